The van der Waals surface area contributed by atoms with Crippen LogP contribution >= 0.6 is 0 Å². The molecule has 0 aromatic rings. The van der Waals surface area contributed by atoms with E-state index in [0.717, 1.165) is 19.3 Å². The van der Waals surface area contributed by atoms with Gasteiger partial charge in [0.1, 0.15) is 0 Å². The van der Waals surface area contributed by atoms with Gasteiger partial charge in [0.2, 0.25) is 0 Å². The zero-order chi connectivity index (χ0) is 10.8. The van der Waals surface area contributed by atoms with Gasteiger partial charge < -0.3 is 10.4 Å². The summed E-state index contributed by atoms with van der Waals surface area (Å²) in [6.07, 6.45) is 3.46. The van der Waals surface area contributed by atoms with Crippen molar-refractivity contribution in [1.29, 1.82) is 0 Å². The summed E-state index contributed by atoms with van der Waals surface area (Å²) in [5, 5.41) is 11.9. The largest absolute Gasteiger partial charge is 0.392 e. The van der Waals surface area contributed by atoms with Gasteiger partial charge in [-0.1, -0.05) is 6.42 Å². The smallest absolute Gasteiger partial charge is 0.151 e. The Hall–Kier alpha value is -0.130. The number of sulfone groups is 1. The molecule has 0 aromatic carbocycles. The Morgan fingerprint density at radius 2 is 2.14 bits per heavy atom. The van der Waals surface area contributed by atoms with E-state index in [1.165, 1.54) is 6.26 Å². The first-order chi connectivity index (χ1) is 6.41. The lowest BCUT2D eigenvalue weighted by Gasteiger charge is -2.20. The van der Waals surface area contributed by atoms with Gasteiger partial charge in [-0.15, -0.1) is 0 Å². The molecule has 84 valence electrons. The molecule has 5 heteroatoms. The molecule has 2 N–H and O–H groups in total. The first kappa shape index (κ1) is 11.9. The van der Waals surface area contributed by atoms with E-state index in [0.29, 0.717) is 6.54 Å². The minimum absolute atomic E-state index is 0.0274. The van der Waals surface area contributed by atoms with Gasteiger partial charge in [0, 0.05) is 18.8 Å². The summed E-state index contributed by atoms with van der Waals surface area (Å²) in [6, 6.07) is 0.0274. The summed E-state index contributed by atoms with van der Waals surface area (Å²) in [7, 11) is -2.94. The first-order valence-corrected chi connectivity index (χ1v) is 6.97. The number of nitrogens with one attached hydrogen (secondary N) is 1. The third-order valence-corrected chi connectivity index (χ3v) is 4.34. The Kier molecular flexibility index (Phi) is 3.92. The van der Waals surface area contributed by atoms with Crippen molar-refractivity contribution in [3.05, 3.63) is 0 Å². The van der Waals surface area contributed by atoms with Crippen molar-refractivity contribution in [3.8, 4) is 0 Å². The monoisotopic (exact) mass is 221 g/mol. The van der Waals surface area contributed by atoms with Gasteiger partial charge in [-0.3, -0.25) is 0 Å². The van der Waals surface area contributed by atoms with E-state index in [1.54, 1.807) is 6.92 Å². The van der Waals surface area contributed by atoms with Gasteiger partial charge in [-0.2, -0.15) is 0 Å². The average molecular weight is 221 g/mol. The lowest BCUT2D eigenvalue weighted by Crippen LogP contribution is -2.42. The number of aliphatic hydroxyl groups excluding tert-OH is 1. The first-order valence-electron chi connectivity index (χ1n) is 5.01. The van der Waals surface area contributed by atoms with E-state index >= 15 is 0 Å². The summed E-state index contributed by atoms with van der Waals surface area (Å²) < 4.78 is 22.8. The van der Waals surface area contributed by atoms with E-state index in [4.69, 9.17) is 5.11 Å². The van der Waals surface area contributed by atoms with E-state index in [-0.39, 0.29) is 11.3 Å². The quantitative estimate of drug-likeness (QED) is 0.697. The topological polar surface area (TPSA) is 66.4 Å². The second-order valence-electron chi connectivity index (χ2n) is 4.16. The van der Waals surface area contributed by atoms with Crippen LogP contribution in [0.25, 0.3) is 0 Å². The third-order valence-electron chi connectivity index (χ3n) is 2.68. The molecule has 14 heavy (non-hydrogen) atoms. The highest BCUT2D eigenvalue weighted by molar-refractivity contribution is 7.91. The van der Waals surface area contributed by atoms with Gasteiger partial charge in [0.15, 0.2) is 9.84 Å². The van der Waals surface area contributed by atoms with Crippen molar-refractivity contribution in [1.82, 2.24) is 5.32 Å². The predicted molar refractivity (Wildman–Crippen MR) is 56.0 cm³/mol. The summed E-state index contributed by atoms with van der Waals surface area (Å²) in [4.78, 5) is 0. The fourth-order valence-corrected chi connectivity index (χ4v) is 3.42. The van der Waals surface area contributed by atoms with E-state index < -0.39 is 15.9 Å². The second kappa shape index (κ2) is 4.59. The van der Waals surface area contributed by atoms with Crippen LogP contribution in [0.15, 0.2) is 0 Å². The van der Waals surface area contributed by atoms with E-state index in [1.807, 2.05) is 0 Å². The maximum absolute atomic E-state index is 11.4. The molecule has 1 fully saturated rings. The molecule has 1 aliphatic carbocycles. The molecular formula is C9H19NO3S. The normalized spacial score (nSPS) is 30.5. The summed E-state index contributed by atoms with van der Waals surface area (Å²) >= 11 is 0. The highest BCUT2D eigenvalue weighted by Crippen LogP contribution is 2.24. The van der Waals surface area contributed by atoms with Crippen LogP contribution in [0.1, 0.15) is 26.2 Å². The fraction of sp³-hybridized carbons (Fsp3) is 1.00. The van der Waals surface area contributed by atoms with Crippen molar-refractivity contribution < 1.29 is 13.5 Å². The molecular weight excluding hydrogens is 202 g/mol. The standard InChI is InChI=1S/C9H19NO3S/c1-7(11)6-10-8-4-3-5-9(8)14(2,12)13/h7-11H,3-6H2,1-2H3. The zero-order valence-electron chi connectivity index (χ0n) is 8.73. The van der Waals surface area contributed by atoms with Crippen LogP contribution in [0.2, 0.25) is 0 Å². The molecule has 0 aromatic heterocycles. The molecule has 0 radical (unpaired) electrons. The average Bonchev–Trinajstić information content (AvgIpc) is 2.46. The van der Waals surface area contributed by atoms with Gasteiger partial charge in [-0.05, 0) is 19.8 Å². The molecule has 0 bridgehead atoms. The van der Waals surface area contributed by atoms with Crippen LogP contribution < -0.4 is 5.32 Å². The molecule has 3 atom stereocenters. The Morgan fingerprint density at radius 1 is 1.50 bits per heavy atom. The minimum Gasteiger partial charge on any atom is -0.392 e. The Bertz CT molecular complexity index is 274. The maximum atomic E-state index is 11.4. The van der Waals surface area contributed by atoms with Gasteiger partial charge in [-0.25, -0.2) is 8.42 Å². The molecule has 0 spiro atoms. The lowest BCUT2D eigenvalue weighted by atomic mass is 10.2. The van der Waals surface area contributed by atoms with Crippen molar-refractivity contribution >= 4 is 9.84 Å². The molecule has 1 aliphatic rings. The van der Waals surface area contributed by atoms with Crippen LogP contribution in [0.3, 0.4) is 0 Å². The number of hydrogen-bond acceptors (Lipinski definition) is 4. The van der Waals surface area contributed by atoms with Crippen LogP contribution in [0, 0.1) is 0 Å². The molecule has 0 aliphatic heterocycles. The predicted octanol–water partition coefficient (Wildman–Crippen LogP) is -0.0775. The summed E-state index contributed by atoms with van der Waals surface area (Å²) in [6.45, 7) is 2.16. The molecule has 0 amide bonds. The molecule has 1 saturated carbocycles. The van der Waals surface area contributed by atoms with Crippen molar-refractivity contribution in [3.63, 3.8) is 0 Å². The molecule has 0 heterocycles. The molecule has 0 saturated heterocycles. The Morgan fingerprint density at radius 3 is 2.64 bits per heavy atom. The number of rotatable bonds is 4. The fourth-order valence-electron chi connectivity index (χ4n) is 1.99. The SMILES string of the molecule is CC(O)CNC1CCCC1S(C)(=O)=O. The number of aliphatic hydroxyl groups is 1. The highest BCUT2D eigenvalue weighted by atomic mass is 32.2. The van der Waals surface area contributed by atoms with Crippen molar-refractivity contribution in [2.45, 2.75) is 43.6 Å². The van der Waals surface area contributed by atoms with Crippen molar-refractivity contribution in [2.24, 2.45) is 0 Å². The third kappa shape index (κ3) is 3.22. The second-order valence-corrected chi connectivity index (χ2v) is 6.43. The van der Waals surface area contributed by atoms with Crippen LogP contribution in [-0.2, 0) is 9.84 Å². The summed E-state index contributed by atoms with van der Waals surface area (Å²) in [5.41, 5.74) is 0. The molecule has 3 unspecified atom stereocenters. The Labute approximate surface area is 85.6 Å². The molecule has 4 nitrogen and oxygen atoms in total. The Balaban J connectivity index is 2.52. The van der Waals surface area contributed by atoms with Gasteiger partial charge in [0.05, 0.1) is 11.4 Å². The summed E-state index contributed by atoms with van der Waals surface area (Å²) in [5.74, 6) is 0. The highest BCUT2D eigenvalue weighted by Gasteiger charge is 2.34. The molecule has 1 rings (SSSR count). The van der Waals surface area contributed by atoms with Crippen LogP contribution in [0.5, 0.6) is 0 Å². The van der Waals surface area contributed by atoms with Gasteiger partial charge >= 0.3 is 0 Å². The minimum atomic E-state index is -2.94. The van der Waals surface area contributed by atoms with E-state index in [9.17, 15) is 8.42 Å². The van der Waals surface area contributed by atoms with Gasteiger partial charge in [0.25, 0.3) is 0 Å². The van der Waals surface area contributed by atoms with Crippen LogP contribution in [-0.4, -0.2) is 43.7 Å². The van der Waals surface area contributed by atoms with Crippen LogP contribution in [0.4, 0.5) is 0 Å². The van der Waals surface area contributed by atoms with Crippen molar-refractivity contribution in [2.75, 3.05) is 12.8 Å². The van der Waals surface area contributed by atoms with E-state index in [2.05, 4.69) is 5.32 Å². The lowest BCUT2D eigenvalue weighted by molar-refractivity contribution is 0.186. The zero-order valence-corrected chi connectivity index (χ0v) is 9.55. The number of hydrogen-bond donors (Lipinski definition) is 2. The maximum Gasteiger partial charge on any atom is 0.151 e.